The first-order valence-corrected chi connectivity index (χ1v) is 3.96. The molecule has 0 N–H and O–H groups in total. The van der Waals surface area contributed by atoms with Gasteiger partial charge < -0.3 is 0 Å². The molecule has 0 aliphatic heterocycles. The summed E-state index contributed by atoms with van der Waals surface area (Å²) in [6.07, 6.45) is 1.66. The predicted molar refractivity (Wildman–Crippen MR) is 48.6 cm³/mol. The van der Waals surface area contributed by atoms with Crippen molar-refractivity contribution in [2.75, 3.05) is 0 Å². The third-order valence-corrected chi connectivity index (χ3v) is 1.29. The minimum Gasteiger partial charge on any atom is -0.158 e. The van der Waals surface area contributed by atoms with E-state index >= 15 is 0 Å². The van der Waals surface area contributed by atoms with Crippen molar-refractivity contribution < 1.29 is 0 Å². The number of aromatic nitrogens is 2. The van der Waals surface area contributed by atoms with E-state index < -0.39 is 0 Å². The highest BCUT2D eigenvalue weighted by Gasteiger charge is 1.86. The molecule has 2 nitrogen and oxygen atoms in total. The molecule has 1 heterocycles. The Morgan fingerprint density at radius 1 is 1.25 bits per heavy atom. The van der Waals surface area contributed by atoms with Crippen LogP contribution in [0.4, 0.5) is 0 Å². The minimum atomic E-state index is 0.769. The largest absolute Gasteiger partial charge is 0.158 e. The Labute approximate surface area is 72.3 Å². The van der Waals surface area contributed by atoms with Crippen molar-refractivity contribution in [3.63, 3.8) is 0 Å². The molecule has 0 unspecified atom stereocenters. The summed E-state index contributed by atoms with van der Waals surface area (Å²) in [6.45, 7) is 4.00. The van der Waals surface area contributed by atoms with Gasteiger partial charge in [0.05, 0.1) is 6.20 Å². The van der Waals surface area contributed by atoms with E-state index in [1.165, 1.54) is 0 Å². The summed E-state index contributed by atoms with van der Waals surface area (Å²) in [7, 11) is 0. The fraction of sp³-hybridized carbons (Fsp3) is 0.200. The molecule has 0 saturated carbocycles. The second-order valence-electron chi connectivity index (χ2n) is 1.94. The summed E-state index contributed by atoms with van der Waals surface area (Å²) in [5.41, 5.74) is 0.769. The highest BCUT2D eigenvalue weighted by molar-refractivity contribution is 5.75. The molecule has 0 spiro atoms. The quantitative estimate of drug-likeness (QED) is 0.587. The summed E-state index contributed by atoms with van der Waals surface area (Å²) in [5.74, 6) is 0. The SMILES string of the molecule is CC.c1ccc2ccnnc2c#1. The smallest absolute Gasteiger partial charge is 0.143 e. The number of fused-ring (bicyclic) bond motifs is 1. The molecule has 2 heteroatoms. The van der Waals surface area contributed by atoms with Crippen molar-refractivity contribution in [1.29, 1.82) is 0 Å². The topological polar surface area (TPSA) is 25.8 Å². The van der Waals surface area contributed by atoms with Gasteiger partial charge >= 0.3 is 0 Å². The molecule has 12 heavy (non-hydrogen) atoms. The second-order valence-corrected chi connectivity index (χ2v) is 1.94. The molecular formula is C10H10N2. The highest BCUT2D eigenvalue weighted by Crippen LogP contribution is 2.02. The third kappa shape index (κ3) is 1.70. The first-order valence-electron chi connectivity index (χ1n) is 3.96. The Balaban J connectivity index is 0.000000336. The Morgan fingerprint density at radius 2 is 2.08 bits per heavy atom. The first kappa shape index (κ1) is 8.48. The van der Waals surface area contributed by atoms with Gasteiger partial charge in [-0.2, -0.15) is 5.10 Å². The normalized spacial score (nSPS) is 8.17. The third-order valence-electron chi connectivity index (χ3n) is 1.29. The van der Waals surface area contributed by atoms with E-state index in [1.807, 2.05) is 32.0 Å². The van der Waals surface area contributed by atoms with Crippen LogP contribution >= 0.6 is 0 Å². The van der Waals surface area contributed by atoms with Crippen LogP contribution in [0.15, 0.2) is 24.4 Å². The van der Waals surface area contributed by atoms with Crippen LogP contribution in [0.5, 0.6) is 0 Å². The highest BCUT2D eigenvalue weighted by atomic mass is 15.1. The maximum atomic E-state index is 3.84. The van der Waals surface area contributed by atoms with Crippen molar-refractivity contribution in [2.45, 2.75) is 13.8 Å². The zero-order valence-electron chi connectivity index (χ0n) is 7.20. The van der Waals surface area contributed by atoms with Crippen LogP contribution in [0, 0.1) is 12.1 Å². The fourth-order valence-corrected chi connectivity index (χ4v) is 0.815. The van der Waals surface area contributed by atoms with Gasteiger partial charge in [0, 0.05) is 5.39 Å². The van der Waals surface area contributed by atoms with E-state index in [0.29, 0.717) is 0 Å². The van der Waals surface area contributed by atoms with Gasteiger partial charge in [0.1, 0.15) is 5.52 Å². The van der Waals surface area contributed by atoms with E-state index in [1.54, 1.807) is 6.20 Å². The summed E-state index contributed by atoms with van der Waals surface area (Å²) in [4.78, 5) is 0. The second kappa shape index (κ2) is 4.30. The lowest BCUT2D eigenvalue weighted by Gasteiger charge is -1.86. The van der Waals surface area contributed by atoms with Gasteiger partial charge in [-0.3, -0.25) is 0 Å². The van der Waals surface area contributed by atoms with Crippen LogP contribution in [-0.4, -0.2) is 10.2 Å². The molecule has 0 aliphatic carbocycles. The molecule has 0 radical (unpaired) electrons. The molecular weight excluding hydrogens is 148 g/mol. The summed E-state index contributed by atoms with van der Waals surface area (Å²) in [6, 6.07) is 11.3. The van der Waals surface area contributed by atoms with Gasteiger partial charge in [0.2, 0.25) is 0 Å². The molecule has 0 saturated heterocycles. The first-order chi connectivity index (χ1) is 5.97. The lowest BCUT2D eigenvalue weighted by molar-refractivity contribution is 1.08. The molecule has 2 rings (SSSR count). The van der Waals surface area contributed by atoms with E-state index in [2.05, 4.69) is 22.3 Å². The van der Waals surface area contributed by atoms with Crippen LogP contribution in [0.3, 0.4) is 0 Å². The monoisotopic (exact) mass is 158 g/mol. The van der Waals surface area contributed by atoms with Crippen LogP contribution in [0.1, 0.15) is 13.8 Å². The number of hydrogen-bond donors (Lipinski definition) is 0. The van der Waals surface area contributed by atoms with Crippen LogP contribution < -0.4 is 0 Å². The molecule has 0 fully saturated rings. The van der Waals surface area contributed by atoms with Crippen LogP contribution in [0.25, 0.3) is 10.9 Å². The molecule has 60 valence electrons. The van der Waals surface area contributed by atoms with Gasteiger partial charge in [-0.25, -0.2) is 0 Å². The zero-order chi connectivity index (χ0) is 8.81. The molecule has 0 amide bonds. The summed E-state index contributed by atoms with van der Waals surface area (Å²) < 4.78 is 0. The standard InChI is InChI=1S/C8H4N2.C2H6/c1-2-4-8-7(3-1)5-6-9-10-8;1-2/h1,3,5-6H;1-2H3. The minimum absolute atomic E-state index is 0.769. The number of rotatable bonds is 0. The summed E-state index contributed by atoms with van der Waals surface area (Å²) in [5, 5.41) is 8.61. The van der Waals surface area contributed by atoms with E-state index in [0.717, 1.165) is 10.9 Å². The predicted octanol–water partition coefficient (Wildman–Crippen LogP) is 2.26. The fourth-order valence-electron chi connectivity index (χ4n) is 0.815. The van der Waals surface area contributed by atoms with Crippen molar-refractivity contribution in [3.8, 4) is 0 Å². The lowest BCUT2D eigenvalue weighted by atomic mass is 10.3. The van der Waals surface area contributed by atoms with E-state index in [4.69, 9.17) is 0 Å². The lowest BCUT2D eigenvalue weighted by Crippen LogP contribution is -1.78. The van der Waals surface area contributed by atoms with E-state index in [-0.39, 0.29) is 0 Å². The Bertz CT molecular complexity index is 279. The number of hydrogen-bond acceptors (Lipinski definition) is 2. The number of nitrogens with zero attached hydrogens (tertiary/aromatic N) is 2. The molecule has 2 aromatic rings. The molecule has 1 aromatic carbocycles. The maximum Gasteiger partial charge on any atom is 0.143 e. The molecule has 0 aliphatic rings. The molecule has 0 atom stereocenters. The Morgan fingerprint density at radius 3 is 2.83 bits per heavy atom. The van der Waals surface area contributed by atoms with Crippen molar-refractivity contribution in [1.82, 2.24) is 10.2 Å². The molecule has 0 bridgehead atoms. The van der Waals surface area contributed by atoms with Gasteiger partial charge in [0.25, 0.3) is 0 Å². The molecule has 1 aromatic heterocycles. The zero-order valence-corrected chi connectivity index (χ0v) is 7.20. The average Bonchev–Trinajstić information content (AvgIpc) is 2.21. The van der Waals surface area contributed by atoms with Crippen molar-refractivity contribution in [2.24, 2.45) is 0 Å². The van der Waals surface area contributed by atoms with Crippen LogP contribution in [-0.2, 0) is 0 Å². The van der Waals surface area contributed by atoms with Gasteiger partial charge in [-0.15, -0.1) is 5.10 Å². The summed E-state index contributed by atoms with van der Waals surface area (Å²) >= 11 is 0. The maximum absolute atomic E-state index is 3.84. The Hall–Kier alpha value is -1.62. The van der Waals surface area contributed by atoms with Gasteiger partial charge in [-0.1, -0.05) is 19.9 Å². The van der Waals surface area contributed by atoms with Crippen molar-refractivity contribution >= 4 is 10.9 Å². The van der Waals surface area contributed by atoms with Crippen molar-refractivity contribution in [3.05, 3.63) is 36.5 Å². The average molecular weight is 158 g/mol. The van der Waals surface area contributed by atoms with E-state index in [9.17, 15) is 0 Å². The van der Waals surface area contributed by atoms with Gasteiger partial charge in [0.15, 0.2) is 0 Å². The van der Waals surface area contributed by atoms with Gasteiger partial charge in [-0.05, 0) is 24.3 Å². The Kier molecular flexibility index (Phi) is 3.04. The van der Waals surface area contributed by atoms with Crippen LogP contribution in [0.2, 0.25) is 0 Å².